The molecule has 5 heteroatoms. The van der Waals surface area contributed by atoms with Crippen LogP contribution in [0.4, 0.5) is 0 Å². The van der Waals surface area contributed by atoms with E-state index in [2.05, 4.69) is 15.5 Å². The smallest absolute Gasteiger partial charge is 0.304 e. The first-order chi connectivity index (χ1) is 9.66. The zero-order valence-corrected chi connectivity index (χ0v) is 11.6. The predicted molar refractivity (Wildman–Crippen MR) is 76.5 cm³/mol. The van der Waals surface area contributed by atoms with Crippen molar-refractivity contribution < 1.29 is 9.90 Å². The molecule has 2 heterocycles. The molecule has 0 spiro atoms. The first-order valence-electron chi connectivity index (χ1n) is 7.04. The molecule has 1 aliphatic rings. The van der Waals surface area contributed by atoms with Gasteiger partial charge in [-0.05, 0) is 31.5 Å². The van der Waals surface area contributed by atoms with E-state index in [1.54, 1.807) is 0 Å². The largest absolute Gasteiger partial charge is 0.481 e. The molecule has 1 aromatic carbocycles. The van der Waals surface area contributed by atoms with Crippen molar-refractivity contribution in [2.75, 3.05) is 13.1 Å². The number of carbonyl (C=O) groups is 1. The maximum absolute atomic E-state index is 10.8. The van der Waals surface area contributed by atoms with Crippen molar-refractivity contribution in [2.24, 2.45) is 7.05 Å². The number of carboxylic acids is 1. The highest BCUT2D eigenvalue weighted by Crippen LogP contribution is 2.32. The fraction of sp³-hybridized carbons (Fsp3) is 0.467. The lowest BCUT2D eigenvalue weighted by Crippen LogP contribution is -2.27. The topological polar surface area (TPSA) is 58.4 Å². The van der Waals surface area contributed by atoms with Crippen LogP contribution < -0.4 is 0 Å². The number of rotatable bonds is 4. The van der Waals surface area contributed by atoms with Crippen LogP contribution in [0, 0.1) is 0 Å². The highest BCUT2D eigenvalue weighted by Gasteiger charge is 2.29. The average Bonchev–Trinajstić information content (AvgIpc) is 3.01. The van der Waals surface area contributed by atoms with Crippen LogP contribution in [0.2, 0.25) is 0 Å². The molecule has 0 amide bonds. The summed E-state index contributed by atoms with van der Waals surface area (Å²) < 4.78 is 2.14. The fourth-order valence-corrected chi connectivity index (χ4v) is 3.09. The van der Waals surface area contributed by atoms with Gasteiger partial charge in [0.25, 0.3) is 0 Å². The number of hydrogen-bond acceptors (Lipinski definition) is 3. The number of likely N-dealkylation sites (tertiary alicyclic amines) is 1. The minimum absolute atomic E-state index is 0.195. The second kappa shape index (κ2) is 5.25. The zero-order chi connectivity index (χ0) is 14.1. The van der Waals surface area contributed by atoms with E-state index in [0.29, 0.717) is 6.54 Å². The van der Waals surface area contributed by atoms with E-state index in [9.17, 15) is 4.79 Å². The number of imidazole rings is 1. The molecule has 106 valence electrons. The number of para-hydroxylation sites is 2. The van der Waals surface area contributed by atoms with Crippen LogP contribution in [0.25, 0.3) is 11.0 Å². The highest BCUT2D eigenvalue weighted by molar-refractivity contribution is 5.75. The molecule has 5 nitrogen and oxygen atoms in total. The van der Waals surface area contributed by atoms with Gasteiger partial charge in [-0.15, -0.1) is 0 Å². The minimum Gasteiger partial charge on any atom is -0.481 e. The van der Waals surface area contributed by atoms with Gasteiger partial charge in [0.1, 0.15) is 5.82 Å². The third-order valence-corrected chi connectivity index (χ3v) is 4.10. The van der Waals surface area contributed by atoms with Crippen molar-refractivity contribution in [3.8, 4) is 0 Å². The standard InChI is InChI=1S/C15H19N3O2/c1-17-12-6-3-2-5-11(12)16-15(17)13-7-4-9-18(13)10-8-14(19)20/h2-3,5-6,13H,4,7-10H2,1H3,(H,19,20). The van der Waals surface area contributed by atoms with Crippen LogP contribution in [-0.4, -0.2) is 38.6 Å². The summed E-state index contributed by atoms with van der Waals surface area (Å²) in [6.45, 7) is 1.56. The first kappa shape index (κ1) is 13.1. The van der Waals surface area contributed by atoms with E-state index < -0.39 is 5.97 Å². The Hall–Kier alpha value is -1.88. The molecule has 1 aromatic heterocycles. The van der Waals surface area contributed by atoms with Crippen molar-refractivity contribution >= 4 is 17.0 Å². The Balaban J connectivity index is 1.89. The van der Waals surface area contributed by atoms with Gasteiger partial charge in [0.2, 0.25) is 0 Å². The number of aromatic nitrogens is 2. The van der Waals surface area contributed by atoms with Gasteiger partial charge < -0.3 is 9.67 Å². The molecular formula is C15H19N3O2. The second-order valence-electron chi connectivity index (χ2n) is 5.36. The molecule has 20 heavy (non-hydrogen) atoms. The quantitative estimate of drug-likeness (QED) is 0.927. The van der Waals surface area contributed by atoms with E-state index >= 15 is 0 Å². The number of fused-ring (bicyclic) bond motifs is 1. The number of hydrogen-bond donors (Lipinski definition) is 1. The fourth-order valence-electron chi connectivity index (χ4n) is 3.09. The summed E-state index contributed by atoms with van der Waals surface area (Å²) in [6.07, 6.45) is 2.35. The van der Waals surface area contributed by atoms with Gasteiger partial charge in [0.05, 0.1) is 23.5 Å². The van der Waals surface area contributed by atoms with Gasteiger partial charge in [-0.1, -0.05) is 12.1 Å². The summed E-state index contributed by atoms with van der Waals surface area (Å²) in [4.78, 5) is 17.8. The lowest BCUT2D eigenvalue weighted by atomic mass is 10.2. The third kappa shape index (κ3) is 2.29. The van der Waals surface area contributed by atoms with Gasteiger partial charge in [0, 0.05) is 13.6 Å². The number of aliphatic carboxylic acids is 1. The molecule has 1 aliphatic heterocycles. The van der Waals surface area contributed by atoms with E-state index in [-0.39, 0.29) is 12.5 Å². The maximum atomic E-state index is 10.8. The summed E-state index contributed by atoms with van der Waals surface area (Å²) >= 11 is 0. The molecule has 0 radical (unpaired) electrons. The molecule has 0 bridgehead atoms. The highest BCUT2D eigenvalue weighted by atomic mass is 16.4. The number of nitrogens with zero attached hydrogens (tertiary/aromatic N) is 3. The Morgan fingerprint density at radius 3 is 3.00 bits per heavy atom. The van der Waals surface area contributed by atoms with Crippen molar-refractivity contribution in [1.29, 1.82) is 0 Å². The SMILES string of the molecule is Cn1c(C2CCCN2CCC(=O)O)nc2ccccc21. The van der Waals surface area contributed by atoms with Gasteiger partial charge in [-0.25, -0.2) is 4.98 Å². The number of carboxylic acid groups (broad SMARTS) is 1. The van der Waals surface area contributed by atoms with E-state index in [1.165, 1.54) is 0 Å². The van der Waals surface area contributed by atoms with Crippen molar-refractivity contribution in [1.82, 2.24) is 14.5 Å². The van der Waals surface area contributed by atoms with Crippen LogP contribution in [0.1, 0.15) is 31.1 Å². The Labute approximate surface area is 117 Å². The second-order valence-corrected chi connectivity index (χ2v) is 5.36. The Bertz CT molecular complexity index is 635. The van der Waals surface area contributed by atoms with E-state index in [0.717, 1.165) is 36.2 Å². The first-order valence-corrected chi connectivity index (χ1v) is 7.04. The molecule has 1 unspecified atom stereocenters. The molecular weight excluding hydrogens is 254 g/mol. The average molecular weight is 273 g/mol. The molecule has 1 saturated heterocycles. The maximum Gasteiger partial charge on any atom is 0.304 e. The Kier molecular flexibility index (Phi) is 3.44. The van der Waals surface area contributed by atoms with Gasteiger partial charge in [-0.2, -0.15) is 0 Å². The summed E-state index contributed by atoms with van der Waals surface area (Å²) in [5.41, 5.74) is 2.14. The molecule has 3 rings (SSSR count). The monoisotopic (exact) mass is 273 g/mol. The van der Waals surface area contributed by atoms with Crippen molar-refractivity contribution in [3.63, 3.8) is 0 Å². The lowest BCUT2D eigenvalue weighted by Gasteiger charge is -2.23. The van der Waals surface area contributed by atoms with Crippen molar-refractivity contribution in [3.05, 3.63) is 30.1 Å². The van der Waals surface area contributed by atoms with Crippen LogP contribution in [0.3, 0.4) is 0 Å². The summed E-state index contributed by atoms with van der Waals surface area (Å²) in [5, 5.41) is 8.85. The van der Waals surface area contributed by atoms with Crippen molar-refractivity contribution in [2.45, 2.75) is 25.3 Å². The Morgan fingerprint density at radius 1 is 1.45 bits per heavy atom. The zero-order valence-electron chi connectivity index (χ0n) is 11.6. The Morgan fingerprint density at radius 2 is 2.25 bits per heavy atom. The van der Waals surface area contributed by atoms with E-state index in [1.807, 2.05) is 25.2 Å². The van der Waals surface area contributed by atoms with Crippen LogP contribution >= 0.6 is 0 Å². The van der Waals surface area contributed by atoms with Gasteiger partial charge in [-0.3, -0.25) is 9.69 Å². The predicted octanol–water partition coefficient (Wildman–Crippen LogP) is 2.18. The third-order valence-electron chi connectivity index (χ3n) is 4.10. The molecule has 0 aliphatic carbocycles. The van der Waals surface area contributed by atoms with Crippen LogP contribution in [0.15, 0.2) is 24.3 Å². The molecule has 1 fully saturated rings. The molecule has 0 saturated carbocycles. The summed E-state index contributed by atoms with van der Waals surface area (Å²) in [5.74, 6) is 0.315. The molecule has 1 N–H and O–H groups in total. The normalized spacial score (nSPS) is 19.8. The molecule has 2 aromatic rings. The van der Waals surface area contributed by atoms with Gasteiger partial charge >= 0.3 is 5.97 Å². The summed E-state index contributed by atoms with van der Waals surface area (Å²) in [6, 6.07) is 8.35. The van der Waals surface area contributed by atoms with E-state index in [4.69, 9.17) is 10.1 Å². The summed E-state index contributed by atoms with van der Waals surface area (Å²) in [7, 11) is 2.04. The number of aryl methyl sites for hydroxylation is 1. The number of benzene rings is 1. The van der Waals surface area contributed by atoms with Gasteiger partial charge in [0.15, 0.2) is 0 Å². The molecule has 1 atom stereocenters. The minimum atomic E-state index is -0.736. The lowest BCUT2D eigenvalue weighted by molar-refractivity contribution is -0.137. The van der Waals surface area contributed by atoms with Crippen LogP contribution in [0.5, 0.6) is 0 Å². The van der Waals surface area contributed by atoms with Crippen LogP contribution in [-0.2, 0) is 11.8 Å².